The van der Waals surface area contributed by atoms with Gasteiger partial charge in [0.05, 0.1) is 6.04 Å². The van der Waals surface area contributed by atoms with Gasteiger partial charge in [-0.05, 0) is 67.0 Å². The summed E-state index contributed by atoms with van der Waals surface area (Å²) in [6.45, 7) is 4.01. The highest BCUT2D eigenvalue weighted by Gasteiger charge is 2.52. The molecule has 2 aliphatic heterocycles. The summed E-state index contributed by atoms with van der Waals surface area (Å²) in [5.41, 5.74) is 3.21. The van der Waals surface area contributed by atoms with Gasteiger partial charge in [-0.2, -0.15) is 0 Å². The quantitative estimate of drug-likeness (QED) is 0.676. The third kappa shape index (κ3) is 2.96. The highest BCUT2D eigenvalue weighted by Crippen LogP contribution is 2.55. The molecule has 0 bridgehead atoms. The Morgan fingerprint density at radius 1 is 1.06 bits per heavy atom. The molecule has 2 heterocycles. The zero-order valence-electron chi connectivity index (χ0n) is 17.9. The van der Waals surface area contributed by atoms with Gasteiger partial charge in [-0.25, -0.2) is 4.39 Å². The largest absolute Gasteiger partial charge is 0.486 e. The molecule has 2 saturated carbocycles. The van der Waals surface area contributed by atoms with Gasteiger partial charge in [-0.1, -0.05) is 31.0 Å². The summed E-state index contributed by atoms with van der Waals surface area (Å²) in [4.78, 5) is 15.7. The molecule has 4 aliphatic rings. The zero-order valence-corrected chi connectivity index (χ0v) is 17.9. The molecule has 2 aliphatic carbocycles. The van der Waals surface area contributed by atoms with E-state index in [9.17, 15) is 9.18 Å². The molecule has 0 N–H and O–H groups in total. The summed E-state index contributed by atoms with van der Waals surface area (Å²) in [5, 5.41) is 0. The van der Waals surface area contributed by atoms with E-state index >= 15 is 0 Å². The Hall–Kier alpha value is -2.56. The van der Waals surface area contributed by atoms with Crippen LogP contribution >= 0.6 is 0 Å². The SMILES string of the molecule is CC1c2cc3c(cc2C2(CCCC2)CN1C(=O)C1CC1c1ccccc1F)OCCO3. The van der Waals surface area contributed by atoms with Crippen molar-refractivity contribution in [3.05, 3.63) is 58.9 Å². The number of benzene rings is 2. The van der Waals surface area contributed by atoms with E-state index in [0.717, 1.165) is 37.3 Å². The summed E-state index contributed by atoms with van der Waals surface area (Å²) >= 11 is 0. The smallest absolute Gasteiger partial charge is 0.226 e. The van der Waals surface area contributed by atoms with E-state index in [0.29, 0.717) is 18.8 Å². The normalized spacial score (nSPS) is 27.8. The topological polar surface area (TPSA) is 38.8 Å². The number of carbonyl (C=O) groups excluding carboxylic acids is 1. The van der Waals surface area contributed by atoms with E-state index in [1.165, 1.54) is 30.0 Å². The molecule has 31 heavy (non-hydrogen) atoms. The average Bonchev–Trinajstić information content (AvgIpc) is 3.45. The Labute approximate surface area is 182 Å². The lowest BCUT2D eigenvalue weighted by molar-refractivity contribution is -0.136. The number of halogens is 1. The first-order valence-corrected chi connectivity index (χ1v) is 11.6. The van der Waals surface area contributed by atoms with Crippen LogP contribution in [0.15, 0.2) is 36.4 Å². The predicted octanol–water partition coefficient (Wildman–Crippen LogP) is 5.12. The molecule has 4 nitrogen and oxygen atoms in total. The standard InChI is InChI=1S/C26H28FNO3/c1-16-18-13-23-24(31-11-10-30-23)14-21(18)26(8-4-5-9-26)15-28(16)25(29)20-12-19(20)17-6-2-3-7-22(17)27/h2-3,6-7,13-14,16,19-20H,4-5,8-12,15H2,1H3. The highest BCUT2D eigenvalue weighted by molar-refractivity contribution is 5.84. The maximum atomic E-state index is 14.3. The first kappa shape index (κ1) is 19.1. The molecular formula is C26H28FNO3. The highest BCUT2D eigenvalue weighted by atomic mass is 19.1. The molecule has 6 rings (SSSR count). The summed E-state index contributed by atoms with van der Waals surface area (Å²) in [6.07, 6.45) is 5.30. The van der Waals surface area contributed by atoms with Crippen LogP contribution in [-0.4, -0.2) is 30.6 Å². The van der Waals surface area contributed by atoms with Crippen molar-refractivity contribution >= 4 is 5.91 Å². The van der Waals surface area contributed by atoms with Crippen LogP contribution in [-0.2, 0) is 10.2 Å². The van der Waals surface area contributed by atoms with Crippen LogP contribution in [0.5, 0.6) is 11.5 Å². The van der Waals surface area contributed by atoms with Gasteiger partial charge in [0, 0.05) is 17.9 Å². The first-order chi connectivity index (χ1) is 15.1. The van der Waals surface area contributed by atoms with E-state index in [-0.39, 0.29) is 35.0 Å². The Balaban J connectivity index is 1.34. The summed E-state index contributed by atoms with van der Waals surface area (Å²) in [6, 6.07) is 11.2. The second kappa shape index (κ2) is 6.98. The number of amides is 1. The van der Waals surface area contributed by atoms with Crippen molar-refractivity contribution in [2.45, 2.75) is 56.4 Å². The summed E-state index contributed by atoms with van der Waals surface area (Å²) in [7, 11) is 0. The minimum atomic E-state index is -0.198. The zero-order chi connectivity index (χ0) is 21.2. The lowest BCUT2D eigenvalue weighted by Crippen LogP contribution is -2.49. The predicted molar refractivity (Wildman–Crippen MR) is 115 cm³/mol. The van der Waals surface area contributed by atoms with Gasteiger partial charge in [-0.15, -0.1) is 0 Å². The number of carbonyl (C=O) groups is 1. The first-order valence-electron chi connectivity index (χ1n) is 11.6. The van der Waals surface area contributed by atoms with Crippen LogP contribution < -0.4 is 9.47 Å². The van der Waals surface area contributed by atoms with Gasteiger partial charge in [0.15, 0.2) is 11.5 Å². The molecule has 3 unspecified atom stereocenters. The molecule has 2 fully saturated rings. The van der Waals surface area contributed by atoms with Gasteiger partial charge in [0.1, 0.15) is 19.0 Å². The molecule has 162 valence electrons. The minimum Gasteiger partial charge on any atom is -0.486 e. The number of hydrogen-bond acceptors (Lipinski definition) is 3. The molecule has 5 heteroatoms. The molecule has 0 aromatic heterocycles. The third-order valence-electron chi connectivity index (χ3n) is 7.93. The van der Waals surface area contributed by atoms with Crippen LogP contribution in [0.2, 0.25) is 0 Å². The van der Waals surface area contributed by atoms with Gasteiger partial charge in [0.25, 0.3) is 0 Å². The minimum absolute atomic E-state index is 0.00194. The molecule has 2 aromatic rings. The molecule has 0 radical (unpaired) electrons. The van der Waals surface area contributed by atoms with E-state index in [1.54, 1.807) is 6.07 Å². The molecule has 0 saturated heterocycles. The fraction of sp³-hybridized carbons (Fsp3) is 0.500. The maximum Gasteiger partial charge on any atom is 0.226 e. The van der Waals surface area contributed by atoms with Crippen molar-refractivity contribution in [2.75, 3.05) is 19.8 Å². The number of hydrogen-bond donors (Lipinski definition) is 0. The number of nitrogens with zero attached hydrogens (tertiary/aromatic N) is 1. The lowest BCUT2D eigenvalue weighted by atomic mass is 9.71. The average molecular weight is 422 g/mol. The molecule has 3 atom stereocenters. The summed E-state index contributed by atoms with van der Waals surface area (Å²) in [5.74, 6) is 1.49. The second-order valence-corrected chi connectivity index (χ2v) is 9.68. The van der Waals surface area contributed by atoms with Crippen molar-refractivity contribution in [2.24, 2.45) is 5.92 Å². The van der Waals surface area contributed by atoms with Gasteiger partial charge in [-0.3, -0.25) is 4.79 Å². The molecule has 1 amide bonds. The monoisotopic (exact) mass is 421 g/mol. The van der Waals surface area contributed by atoms with Crippen LogP contribution in [0.25, 0.3) is 0 Å². The number of fused-ring (bicyclic) bond motifs is 3. The van der Waals surface area contributed by atoms with Crippen LogP contribution in [0.1, 0.15) is 67.7 Å². The Bertz CT molecular complexity index is 1040. The fourth-order valence-electron chi connectivity index (χ4n) is 6.17. The number of rotatable bonds is 2. The van der Waals surface area contributed by atoms with Crippen molar-refractivity contribution in [1.82, 2.24) is 4.90 Å². The third-order valence-corrected chi connectivity index (χ3v) is 7.93. The van der Waals surface area contributed by atoms with Gasteiger partial charge in [0.2, 0.25) is 5.91 Å². The summed E-state index contributed by atoms with van der Waals surface area (Å²) < 4.78 is 26.0. The van der Waals surface area contributed by atoms with Crippen molar-refractivity contribution < 1.29 is 18.7 Å². The number of ether oxygens (including phenoxy) is 2. The van der Waals surface area contributed by atoms with Crippen molar-refractivity contribution in [1.29, 1.82) is 0 Å². The Morgan fingerprint density at radius 3 is 2.52 bits per heavy atom. The maximum absolute atomic E-state index is 14.3. The van der Waals surface area contributed by atoms with E-state index in [4.69, 9.17) is 9.47 Å². The Morgan fingerprint density at radius 2 is 1.77 bits per heavy atom. The van der Waals surface area contributed by atoms with Gasteiger partial charge >= 0.3 is 0 Å². The fourth-order valence-corrected chi connectivity index (χ4v) is 6.17. The van der Waals surface area contributed by atoms with Crippen LogP contribution in [0.4, 0.5) is 4.39 Å². The van der Waals surface area contributed by atoms with Crippen LogP contribution in [0, 0.1) is 11.7 Å². The second-order valence-electron chi connectivity index (χ2n) is 9.68. The lowest BCUT2D eigenvalue weighted by Gasteiger charge is -2.46. The van der Waals surface area contributed by atoms with E-state index < -0.39 is 0 Å². The van der Waals surface area contributed by atoms with Gasteiger partial charge < -0.3 is 14.4 Å². The van der Waals surface area contributed by atoms with Crippen molar-refractivity contribution in [3.8, 4) is 11.5 Å². The van der Waals surface area contributed by atoms with Crippen LogP contribution in [0.3, 0.4) is 0 Å². The Kier molecular flexibility index (Phi) is 4.31. The molecule has 1 spiro atoms. The van der Waals surface area contributed by atoms with Crippen molar-refractivity contribution in [3.63, 3.8) is 0 Å². The molecule has 2 aromatic carbocycles. The molecular weight excluding hydrogens is 393 g/mol. The van der Waals surface area contributed by atoms with E-state index in [2.05, 4.69) is 24.0 Å². The van der Waals surface area contributed by atoms with E-state index in [1.807, 2.05) is 12.1 Å².